The van der Waals surface area contributed by atoms with Crippen LogP contribution in [0.15, 0.2) is 35.3 Å². The number of pyridine rings is 1. The van der Waals surface area contributed by atoms with Crippen LogP contribution in [0.3, 0.4) is 0 Å². The lowest BCUT2D eigenvalue weighted by molar-refractivity contribution is -0.0319. The van der Waals surface area contributed by atoms with Crippen molar-refractivity contribution in [3.05, 3.63) is 46.5 Å². The molecule has 0 unspecified atom stereocenters. The summed E-state index contributed by atoms with van der Waals surface area (Å²) in [5, 5.41) is 9.79. The van der Waals surface area contributed by atoms with Crippen LogP contribution < -0.4 is 5.56 Å². The molecule has 0 radical (unpaired) electrons. The van der Waals surface area contributed by atoms with Crippen LogP contribution in [-0.4, -0.2) is 52.8 Å². The van der Waals surface area contributed by atoms with Crippen molar-refractivity contribution in [1.82, 2.24) is 14.3 Å². The number of aromatic nitrogens is 2. The van der Waals surface area contributed by atoms with E-state index in [4.69, 9.17) is 4.74 Å². The van der Waals surface area contributed by atoms with Crippen molar-refractivity contribution in [3.63, 3.8) is 0 Å². The molecule has 124 valence electrons. The number of fused-ring (bicyclic) bond motifs is 1. The Morgan fingerprint density at radius 1 is 1.39 bits per heavy atom. The number of aliphatic hydroxyl groups is 1. The summed E-state index contributed by atoms with van der Waals surface area (Å²) in [4.78, 5) is 18.8. The second-order valence-corrected chi connectivity index (χ2v) is 6.46. The van der Waals surface area contributed by atoms with E-state index in [2.05, 4.69) is 9.88 Å². The van der Waals surface area contributed by atoms with Crippen LogP contribution in [0.25, 0.3) is 5.65 Å². The molecule has 2 aromatic rings. The normalized spacial score (nSPS) is 17.7. The third-order valence-corrected chi connectivity index (χ3v) is 4.55. The summed E-state index contributed by atoms with van der Waals surface area (Å²) in [7, 11) is 2.00. The summed E-state index contributed by atoms with van der Waals surface area (Å²) in [6.07, 6.45) is 3.45. The Kier molecular flexibility index (Phi) is 4.75. The topological polar surface area (TPSA) is 67.1 Å². The molecule has 1 saturated heterocycles. The van der Waals surface area contributed by atoms with Gasteiger partial charge in [-0.1, -0.05) is 6.07 Å². The number of aliphatic hydroxyl groups excluding tert-OH is 1. The molecule has 0 bridgehead atoms. The second-order valence-electron chi connectivity index (χ2n) is 6.46. The molecule has 0 spiro atoms. The van der Waals surface area contributed by atoms with Gasteiger partial charge in [0.2, 0.25) is 0 Å². The van der Waals surface area contributed by atoms with Crippen LogP contribution in [0, 0.1) is 5.41 Å². The first-order valence-corrected chi connectivity index (χ1v) is 7.96. The van der Waals surface area contributed by atoms with Gasteiger partial charge in [-0.15, -0.1) is 0 Å². The van der Waals surface area contributed by atoms with E-state index in [0.717, 1.165) is 25.1 Å². The highest BCUT2D eigenvalue weighted by molar-refractivity contribution is 5.37. The summed E-state index contributed by atoms with van der Waals surface area (Å²) in [6.45, 7) is 2.91. The maximum Gasteiger partial charge on any atom is 0.258 e. The van der Waals surface area contributed by atoms with Crippen molar-refractivity contribution in [2.45, 2.75) is 19.4 Å². The van der Waals surface area contributed by atoms with Crippen molar-refractivity contribution >= 4 is 5.65 Å². The molecular weight excluding hydrogens is 294 g/mol. The molecule has 23 heavy (non-hydrogen) atoms. The molecule has 1 aliphatic heterocycles. The number of hydrogen-bond donors (Lipinski definition) is 1. The van der Waals surface area contributed by atoms with Gasteiger partial charge in [-0.3, -0.25) is 14.1 Å². The van der Waals surface area contributed by atoms with Gasteiger partial charge in [0.25, 0.3) is 5.56 Å². The highest BCUT2D eigenvalue weighted by Crippen LogP contribution is 2.30. The van der Waals surface area contributed by atoms with Crippen LogP contribution in [0.4, 0.5) is 0 Å². The first kappa shape index (κ1) is 16.1. The fraction of sp³-hybridized carbons (Fsp3) is 0.529. The summed E-state index contributed by atoms with van der Waals surface area (Å²) in [6, 6.07) is 7.10. The zero-order valence-corrected chi connectivity index (χ0v) is 13.4. The molecule has 6 heteroatoms. The lowest BCUT2D eigenvalue weighted by atomic mass is 9.80. The molecule has 1 N–H and O–H groups in total. The van der Waals surface area contributed by atoms with E-state index in [-0.39, 0.29) is 17.6 Å². The number of nitrogens with zero attached hydrogens (tertiary/aromatic N) is 3. The van der Waals surface area contributed by atoms with Gasteiger partial charge in [-0.05, 0) is 32.0 Å². The predicted octanol–water partition coefficient (Wildman–Crippen LogP) is 0.915. The largest absolute Gasteiger partial charge is 0.396 e. The fourth-order valence-corrected chi connectivity index (χ4v) is 3.26. The smallest absolute Gasteiger partial charge is 0.258 e. The van der Waals surface area contributed by atoms with Crippen molar-refractivity contribution in [3.8, 4) is 0 Å². The van der Waals surface area contributed by atoms with Crippen LogP contribution in [0.1, 0.15) is 18.5 Å². The fourth-order valence-electron chi connectivity index (χ4n) is 3.26. The Bertz CT molecular complexity index is 722. The van der Waals surface area contributed by atoms with Crippen molar-refractivity contribution in [2.24, 2.45) is 5.41 Å². The third kappa shape index (κ3) is 3.60. The van der Waals surface area contributed by atoms with Crippen LogP contribution >= 0.6 is 0 Å². The molecule has 0 aliphatic carbocycles. The van der Waals surface area contributed by atoms with Gasteiger partial charge >= 0.3 is 0 Å². The van der Waals surface area contributed by atoms with Crippen LogP contribution in [0.5, 0.6) is 0 Å². The Morgan fingerprint density at radius 3 is 2.91 bits per heavy atom. The minimum atomic E-state index is -0.112. The average molecular weight is 317 g/mol. The predicted molar refractivity (Wildman–Crippen MR) is 87.4 cm³/mol. The van der Waals surface area contributed by atoms with E-state index >= 15 is 0 Å². The van der Waals surface area contributed by atoms with Gasteiger partial charge in [0.15, 0.2) is 0 Å². The Labute approximate surface area is 135 Å². The molecule has 0 atom stereocenters. The van der Waals surface area contributed by atoms with Crippen molar-refractivity contribution in [1.29, 1.82) is 0 Å². The number of ether oxygens (including phenoxy) is 1. The molecule has 0 amide bonds. The van der Waals surface area contributed by atoms with Gasteiger partial charge in [0, 0.05) is 44.0 Å². The van der Waals surface area contributed by atoms with E-state index in [9.17, 15) is 9.90 Å². The molecule has 3 heterocycles. The standard InChI is InChI=1S/C17H23N3O3/c1-19(12-17(13-21)5-8-23-9-6-17)11-14-10-16(22)20-7-3-2-4-15(20)18-14/h2-4,7,10,21H,5-6,8-9,11-13H2,1H3. The first-order chi connectivity index (χ1) is 11.1. The van der Waals surface area contributed by atoms with Crippen LogP contribution in [0.2, 0.25) is 0 Å². The van der Waals surface area contributed by atoms with Gasteiger partial charge in [-0.25, -0.2) is 4.98 Å². The minimum absolute atomic E-state index is 0.0677. The molecule has 3 rings (SSSR count). The second kappa shape index (κ2) is 6.78. The molecule has 1 fully saturated rings. The Balaban J connectivity index is 1.74. The van der Waals surface area contributed by atoms with Gasteiger partial charge in [0.1, 0.15) is 5.65 Å². The van der Waals surface area contributed by atoms with Crippen molar-refractivity contribution < 1.29 is 9.84 Å². The van der Waals surface area contributed by atoms with E-state index in [1.165, 1.54) is 4.40 Å². The molecule has 6 nitrogen and oxygen atoms in total. The maximum absolute atomic E-state index is 12.1. The van der Waals surface area contributed by atoms with Crippen LogP contribution in [-0.2, 0) is 11.3 Å². The molecule has 1 aliphatic rings. The zero-order valence-electron chi connectivity index (χ0n) is 13.4. The quantitative estimate of drug-likeness (QED) is 0.888. The van der Waals surface area contributed by atoms with Gasteiger partial charge < -0.3 is 9.84 Å². The lowest BCUT2D eigenvalue weighted by Gasteiger charge is -2.38. The molecule has 0 aromatic carbocycles. The third-order valence-electron chi connectivity index (χ3n) is 4.55. The van der Waals surface area contributed by atoms with Gasteiger partial charge in [-0.2, -0.15) is 0 Å². The Hall–Kier alpha value is -1.76. The van der Waals surface area contributed by atoms with E-state index in [1.807, 2.05) is 25.2 Å². The summed E-state index contributed by atoms with van der Waals surface area (Å²) < 4.78 is 6.94. The van der Waals surface area contributed by atoms with E-state index in [0.29, 0.717) is 25.4 Å². The highest BCUT2D eigenvalue weighted by atomic mass is 16.5. The zero-order chi connectivity index (χ0) is 16.3. The van der Waals surface area contributed by atoms with E-state index < -0.39 is 0 Å². The number of hydrogen-bond acceptors (Lipinski definition) is 5. The molecule has 2 aromatic heterocycles. The SMILES string of the molecule is CN(Cc1cc(=O)n2ccccc2n1)CC1(CO)CCOCC1. The first-order valence-electron chi connectivity index (χ1n) is 7.96. The van der Waals surface area contributed by atoms with Gasteiger partial charge in [0.05, 0.1) is 12.3 Å². The Morgan fingerprint density at radius 2 is 2.17 bits per heavy atom. The summed E-state index contributed by atoms with van der Waals surface area (Å²) in [5.74, 6) is 0. The molecule has 0 saturated carbocycles. The van der Waals surface area contributed by atoms with Crippen molar-refractivity contribution in [2.75, 3.05) is 33.4 Å². The maximum atomic E-state index is 12.1. The number of rotatable bonds is 5. The lowest BCUT2D eigenvalue weighted by Crippen LogP contribution is -2.42. The highest BCUT2D eigenvalue weighted by Gasteiger charge is 2.33. The summed E-state index contributed by atoms with van der Waals surface area (Å²) in [5.41, 5.74) is 1.23. The monoisotopic (exact) mass is 317 g/mol. The summed E-state index contributed by atoms with van der Waals surface area (Å²) >= 11 is 0. The molecular formula is C17H23N3O3. The minimum Gasteiger partial charge on any atom is -0.396 e. The average Bonchev–Trinajstić information content (AvgIpc) is 2.55. The van der Waals surface area contributed by atoms with E-state index in [1.54, 1.807) is 12.3 Å².